The fourth-order valence-electron chi connectivity index (χ4n) is 3.90. The molecule has 0 aromatic heterocycles. The maximum atomic E-state index is 12.2. The van der Waals surface area contributed by atoms with Gasteiger partial charge in [-0.2, -0.15) is 0 Å². The number of piperidine rings is 1. The van der Waals surface area contributed by atoms with Gasteiger partial charge in [0.25, 0.3) is 5.91 Å². The molecule has 29 heavy (non-hydrogen) atoms. The van der Waals surface area contributed by atoms with E-state index in [-0.39, 0.29) is 12.0 Å². The predicted octanol–water partition coefficient (Wildman–Crippen LogP) is 2.34. The van der Waals surface area contributed by atoms with Crippen molar-refractivity contribution in [1.82, 2.24) is 15.5 Å². The number of benzene rings is 1. The maximum Gasteiger partial charge on any atom is 0.253 e. The fourth-order valence-corrected chi connectivity index (χ4v) is 3.90. The van der Waals surface area contributed by atoms with Gasteiger partial charge in [0.2, 0.25) is 0 Å². The van der Waals surface area contributed by atoms with Crippen molar-refractivity contribution in [2.75, 3.05) is 32.1 Å². The van der Waals surface area contributed by atoms with Gasteiger partial charge in [0.15, 0.2) is 5.96 Å². The number of hydrogen-bond donors (Lipinski definition) is 3. The SMILES string of the molecule is CN=C(NCc1cccc(NC(=O)C2CCCO2)c1)NC1CCN(C(C)C)CC1. The molecule has 0 saturated carbocycles. The van der Waals surface area contributed by atoms with Gasteiger partial charge in [-0.05, 0) is 57.2 Å². The molecule has 2 aliphatic rings. The second kappa shape index (κ2) is 10.6. The molecular formula is C22H35N5O2. The highest BCUT2D eigenvalue weighted by atomic mass is 16.5. The van der Waals surface area contributed by atoms with Gasteiger partial charge in [0, 0.05) is 51.1 Å². The van der Waals surface area contributed by atoms with Gasteiger partial charge in [-0.3, -0.25) is 9.79 Å². The van der Waals surface area contributed by atoms with Gasteiger partial charge in [0.1, 0.15) is 6.10 Å². The molecule has 1 unspecified atom stereocenters. The van der Waals surface area contributed by atoms with Crippen LogP contribution in [0, 0.1) is 0 Å². The van der Waals surface area contributed by atoms with E-state index in [0.29, 0.717) is 25.2 Å². The third-order valence-corrected chi connectivity index (χ3v) is 5.70. The van der Waals surface area contributed by atoms with E-state index >= 15 is 0 Å². The summed E-state index contributed by atoms with van der Waals surface area (Å²) in [4.78, 5) is 19.1. The van der Waals surface area contributed by atoms with E-state index in [1.54, 1.807) is 7.05 Å². The third kappa shape index (κ3) is 6.44. The van der Waals surface area contributed by atoms with Crippen molar-refractivity contribution in [3.63, 3.8) is 0 Å². The summed E-state index contributed by atoms with van der Waals surface area (Å²) in [5.74, 6) is 0.764. The van der Waals surface area contributed by atoms with Crippen LogP contribution in [-0.4, -0.2) is 61.7 Å². The van der Waals surface area contributed by atoms with Gasteiger partial charge < -0.3 is 25.6 Å². The monoisotopic (exact) mass is 401 g/mol. The van der Waals surface area contributed by atoms with Gasteiger partial charge in [-0.1, -0.05) is 12.1 Å². The molecular weight excluding hydrogens is 366 g/mol. The summed E-state index contributed by atoms with van der Waals surface area (Å²) < 4.78 is 5.45. The quantitative estimate of drug-likeness (QED) is 0.504. The summed E-state index contributed by atoms with van der Waals surface area (Å²) in [5.41, 5.74) is 1.89. The van der Waals surface area contributed by atoms with Crippen LogP contribution in [0.3, 0.4) is 0 Å². The molecule has 1 atom stereocenters. The van der Waals surface area contributed by atoms with Crippen LogP contribution in [-0.2, 0) is 16.1 Å². The Hall–Kier alpha value is -2.12. The molecule has 0 spiro atoms. The number of carbonyl (C=O) groups excluding carboxylic acids is 1. The van der Waals surface area contributed by atoms with Gasteiger partial charge >= 0.3 is 0 Å². The van der Waals surface area contributed by atoms with Crippen LogP contribution in [0.4, 0.5) is 5.69 Å². The lowest BCUT2D eigenvalue weighted by molar-refractivity contribution is -0.124. The predicted molar refractivity (Wildman–Crippen MR) is 117 cm³/mol. The van der Waals surface area contributed by atoms with Gasteiger partial charge in [-0.15, -0.1) is 0 Å². The largest absolute Gasteiger partial charge is 0.368 e. The molecule has 1 amide bonds. The van der Waals surface area contributed by atoms with Crippen LogP contribution in [0.25, 0.3) is 0 Å². The average molecular weight is 402 g/mol. The van der Waals surface area contributed by atoms with Crippen LogP contribution in [0.2, 0.25) is 0 Å². The second-order valence-electron chi connectivity index (χ2n) is 8.17. The van der Waals surface area contributed by atoms with Crippen molar-refractivity contribution in [2.24, 2.45) is 4.99 Å². The molecule has 1 aromatic rings. The number of nitrogens with one attached hydrogen (secondary N) is 3. The van der Waals surface area contributed by atoms with Gasteiger partial charge in [-0.25, -0.2) is 0 Å². The molecule has 7 heteroatoms. The molecule has 2 saturated heterocycles. The zero-order chi connectivity index (χ0) is 20.6. The van der Waals surface area contributed by atoms with E-state index < -0.39 is 0 Å². The lowest BCUT2D eigenvalue weighted by atomic mass is 10.0. The highest BCUT2D eigenvalue weighted by Gasteiger charge is 2.23. The number of anilines is 1. The first-order valence-corrected chi connectivity index (χ1v) is 10.8. The Labute approximate surface area is 174 Å². The summed E-state index contributed by atoms with van der Waals surface area (Å²) >= 11 is 0. The summed E-state index contributed by atoms with van der Waals surface area (Å²) in [6, 6.07) is 8.97. The van der Waals surface area contributed by atoms with Crippen molar-refractivity contribution >= 4 is 17.6 Å². The highest BCUT2D eigenvalue weighted by molar-refractivity contribution is 5.94. The van der Waals surface area contributed by atoms with Crippen molar-refractivity contribution < 1.29 is 9.53 Å². The van der Waals surface area contributed by atoms with Gasteiger partial charge in [0.05, 0.1) is 0 Å². The Kier molecular flexibility index (Phi) is 7.89. The topological polar surface area (TPSA) is 78.0 Å². The number of aliphatic imine (C=N–C) groups is 1. The Morgan fingerprint density at radius 3 is 2.72 bits per heavy atom. The summed E-state index contributed by atoms with van der Waals surface area (Å²) in [5, 5.41) is 9.90. The van der Waals surface area contributed by atoms with E-state index in [2.05, 4.69) is 39.7 Å². The first kappa shape index (κ1) is 21.6. The first-order valence-electron chi connectivity index (χ1n) is 10.8. The second-order valence-corrected chi connectivity index (χ2v) is 8.17. The average Bonchev–Trinajstić information content (AvgIpc) is 3.27. The van der Waals surface area contributed by atoms with Crippen molar-refractivity contribution in [3.05, 3.63) is 29.8 Å². The summed E-state index contributed by atoms with van der Waals surface area (Å²) in [6.07, 6.45) is 3.69. The van der Waals surface area contributed by atoms with Crippen LogP contribution < -0.4 is 16.0 Å². The molecule has 0 bridgehead atoms. The molecule has 160 valence electrons. The minimum Gasteiger partial charge on any atom is -0.368 e. The lowest BCUT2D eigenvalue weighted by Gasteiger charge is -2.35. The van der Waals surface area contributed by atoms with Crippen molar-refractivity contribution in [3.8, 4) is 0 Å². The number of guanidine groups is 1. The number of amides is 1. The highest BCUT2D eigenvalue weighted by Crippen LogP contribution is 2.16. The Balaban J connectivity index is 1.46. The Morgan fingerprint density at radius 2 is 2.07 bits per heavy atom. The molecule has 2 aliphatic heterocycles. The molecule has 0 radical (unpaired) electrons. The molecule has 7 nitrogen and oxygen atoms in total. The molecule has 3 rings (SSSR count). The number of rotatable bonds is 6. The van der Waals surface area contributed by atoms with Crippen LogP contribution in [0.1, 0.15) is 45.1 Å². The van der Waals surface area contributed by atoms with Crippen LogP contribution >= 0.6 is 0 Å². The molecule has 3 N–H and O–H groups in total. The van der Waals surface area contributed by atoms with Crippen molar-refractivity contribution in [1.29, 1.82) is 0 Å². The smallest absolute Gasteiger partial charge is 0.253 e. The number of carbonyl (C=O) groups is 1. The minimum absolute atomic E-state index is 0.0576. The number of nitrogens with zero attached hydrogens (tertiary/aromatic N) is 2. The number of hydrogen-bond acceptors (Lipinski definition) is 4. The zero-order valence-electron chi connectivity index (χ0n) is 17.9. The standard InChI is InChI=1S/C22H35N5O2/c1-16(2)27-11-9-18(10-12-27)26-22(23-3)24-15-17-6-4-7-19(14-17)25-21(28)20-8-5-13-29-20/h4,6-7,14,16,18,20H,5,8-13,15H2,1-3H3,(H,25,28)(H2,23,24,26). The van der Waals surface area contributed by atoms with E-state index in [9.17, 15) is 4.79 Å². The normalized spacial score (nSPS) is 21.4. The third-order valence-electron chi connectivity index (χ3n) is 5.70. The first-order chi connectivity index (χ1) is 14.0. The maximum absolute atomic E-state index is 12.2. The van der Waals surface area contributed by atoms with E-state index in [0.717, 1.165) is 56.0 Å². The van der Waals surface area contributed by atoms with E-state index in [1.165, 1.54) is 0 Å². The van der Waals surface area contributed by atoms with Crippen molar-refractivity contribution in [2.45, 2.75) is 64.3 Å². The Morgan fingerprint density at radius 1 is 1.28 bits per heavy atom. The summed E-state index contributed by atoms with van der Waals surface area (Å²) in [7, 11) is 1.80. The fraction of sp³-hybridized carbons (Fsp3) is 0.636. The lowest BCUT2D eigenvalue weighted by Crippen LogP contribution is -2.49. The Bertz CT molecular complexity index is 692. The zero-order valence-corrected chi connectivity index (χ0v) is 17.9. The molecule has 2 fully saturated rings. The summed E-state index contributed by atoms with van der Waals surface area (Å²) in [6.45, 7) is 8.08. The van der Waals surface area contributed by atoms with Crippen LogP contribution in [0.15, 0.2) is 29.3 Å². The molecule has 0 aliphatic carbocycles. The van der Waals surface area contributed by atoms with E-state index in [4.69, 9.17) is 4.74 Å². The number of ether oxygens (including phenoxy) is 1. The van der Waals surface area contributed by atoms with Crippen LogP contribution in [0.5, 0.6) is 0 Å². The minimum atomic E-state index is -0.318. The number of likely N-dealkylation sites (tertiary alicyclic amines) is 1. The molecule has 2 heterocycles. The molecule has 1 aromatic carbocycles. The van der Waals surface area contributed by atoms with E-state index in [1.807, 2.05) is 24.3 Å².